The number of aryl methyl sites for hydroxylation is 1. The van der Waals surface area contributed by atoms with E-state index in [9.17, 15) is 13.2 Å². The predicted octanol–water partition coefficient (Wildman–Crippen LogP) is 1.64. The summed E-state index contributed by atoms with van der Waals surface area (Å²) in [6.45, 7) is 1.68. The van der Waals surface area contributed by atoms with Gasteiger partial charge in [0.05, 0.1) is 18.6 Å². The number of carbonyl (C=O) groups is 1. The molecule has 0 spiro atoms. The summed E-state index contributed by atoms with van der Waals surface area (Å²) in [4.78, 5) is 20.9. The molecule has 1 aromatic heterocycles. The van der Waals surface area contributed by atoms with Crippen LogP contribution < -0.4 is 15.4 Å². The summed E-state index contributed by atoms with van der Waals surface area (Å²) in [6.07, 6.45) is 0.525. The average Bonchev–Trinajstić information content (AvgIpc) is 2.93. The van der Waals surface area contributed by atoms with Gasteiger partial charge in [-0.05, 0) is 25.5 Å². The van der Waals surface area contributed by atoms with Crippen molar-refractivity contribution in [3.63, 3.8) is 0 Å². The Morgan fingerprint density at radius 3 is 2.77 bits per heavy atom. The third-order valence-corrected chi connectivity index (χ3v) is 5.75. The molecule has 138 valence electrons. The van der Waals surface area contributed by atoms with Gasteiger partial charge in [-0.1, -0.05) is 6.07 Å². The number of rotatable bonds is 5. The molecule has 2 aromatic rings. The van der Waals surface area contributed by atoms with Gasteiger partial charge in [0.15, 0.2) is 9.84 Å². The molecule has 1 aliphatic rings. The first-order chi connectivity index (χ1) is 12.3. The van der Waals surface area contributed by atoms with E-state index in [2.05, 4.69) is 20.6 Å². The van der Waals surface area contributed by atoms with E-state index in [-0.39, 0.29) is 29.1 Å². The number of nitrogens with one attached hydrogen (secondary N) is 2. The molecule has 0 radical (unpaired) electrons. The summed E-state index contributed by atoms with van der Waals surface area (Å²) >= 11 is 0. The molecule has 0 aliphatic carbocycles. The smallest absolute Gasteiger partial charge is 0.274 e. The molecule has 1 unspecified atom stereocenters. The van der Waals surface area contributed by atoms with Crippen LogP contribution in [-0.4, -0.2) is 49.0 Å². The first-order valence-electron chi connectivity index (χ1n) is 8.13. The molecular weight excluding hydrogens is 356 g/mol. The number of hydrogen-bond acceptors (Lipinski definition) is 7. The van der Waals surface area contributed by atoms with Gasteiger partial charge >= 0.3 is 0 Å². The summed E-state index contributed by atoms with van der Waals surface area (Å²) in [5, 5.41) is 5.85. The SMILES string of the molecule is COc1cccc(NC(=O)c2cc(NC3CCS(=O)(=O)C3)nc(C)n2)c1. The summed E-state index contributed by atoms with van der Waals surface area (Å²) in [7, 11) is -1.45. The van der Waals surface area contributed by atoms with Crippen molar-refractivity contribution in [2.24, 2.45) is 0 Å². The summed E-state index contributed by atoms with van der Waals surface area (Å²) in [5.41, 5.74) is 0.783. The second-order valence-corrected chi connectivity index (χ2v) is 8.34. The van der Waals surface area contributed by atoms with Crippen molar-refractivity contribution in [2.75, 3.05) is 29.2 Å². The molecule has 1 saturated heterocycles. The lowest BCUT2D eigenvalue weighted by Gasteiger charge is -2.13. The average molecular weight is 376 g/mol. The second kappa shape index (κ2) is 7.28. The van der Waals surface area contributed by atoms with Crippen LogP contribution in [0.4, 0.5) is 11.5 Å². The van der Waals surface area contributed by atoms with Crippen molar-refractivity contribution in [1.82, 2.24) is 9.97 Å². The van der Waals surface area contributed by atoms with Crippen LogP contribution in [0.25, 0.3) is 0 Å². The van der Waals surface area contributed by atoms with Gasteiger partial charge in [0, 0.05) is 23.9 Å². The zero-order valence-corrected chi connectivity index (χ0v) is 15.3. The van der Waals surface area contributed by atoms with Crippen LogP contribution in [0, 0.1) is 6.92 Å². The third-order valence-electron chi connectivity index (χ3n) is 3.98. The lowest BCUT2D eigenvalue weighted by molar-refractivity contribution is 0.102. The Morgan fingerprint density at radius 2 is 2.08 bits per heavy atom. The Morgan fingerprint density at radius 1 is 1.27 bits per heavy atom. The van der Waals surface area contributed by atoms with Crippen LogP contribution >= 0.6 is 0 Å². The normalized spacial score (nSPS) is 18.3. The van der Waals surface area contributed by atoms with Gasteiger partial charge in [-0.2, -0.15) is 0 Å². The molecule has 26 heavy (non-hydrogen) atoms. The number of amides is 1. The van der Waals surface area contributed by atoms with E-state index < -0.39 is 9.84 Å². The molecule has 3 rings (SSSR count). The van der Waals surface area contributed by atoms with Gasteiger partial charge in [0.1, 0.15) is 23.1 Å². The maximum Gasteiger partial charge on any atom is 0.274 e. The number of sulfone groups is 1. The zero-order chi connectivity index (χ0) is 18.7. The van der Waals surface area contributed by atoms with E-state index in [4.69, 9.17) is 4.74 Å². The number of nitrogens with zero attached hydrogens (tertiary/aromatic N) is 2. The van der Waals surface area contributed by atoms with E-state index in [0.29, 0.717) is 29.5 Å². The van der Waals surface area contributed by atoms with E-state index >= 15 is 0 Å². The van der Waals surface area contributed by atoms with Crippen LogP contribution in [0.1, 0.15) is 22.7 Å². The Kier molecular flexibility index (Phi) is 5.08. The van der Waals surface area contributed by atoms with E-state index in [1.807, 2.05) is 0 Å². The van der Waals surface area contributed by atoms with Gasteiger partial charge in [-0.3, -0.25) is 4.79 Å². The largest absolute Gasteiger partial charge is 0.497 e. The molecule has 1 aromatic carbocycles. The number of methoxy groups -OCH3 is 1. The number of ether oxygens (including phenoxy) is 1. The number of benzene rings is 1. The highest BCUT2D eigenvalue weighted by Crippen LogP contribution is 2.19. The maximum atomic E-state index is 12.5. The van der Waals surface area contributed by atoms with Gasteiger partial charge in [0.25, 0.3) is 5.91 Å². The van der Waals surface area contributed by atoms with E-state index in [0.717, 1.165) is 0 Å². The maximum absolute atomic E-state index is 12.5. The minimum atomic E-state index is -3.00. The minimum Gasteiger partial charge on any atom is -0.497 e. The zero-order valence-electron chi connectivity index (χ0n) is 14.5. The lowest BCUT2D eigenvalue weighted by atomic mass is 10.2. The Bertz CT molecular complexity index is 930. The molecule has 2 heterocycles. The quantitative estimate of drug-likeness (QED) is 0.816. The predicted molar refractivity (Wildman–Crippen MR) is 98.4 cm³/mol. The molecular formula is C17H20N4O4S. The van der Waals surface area contributed by atoms with Crippen molar-refractivity contribution in [2.45, 2.75) is 19.4 Å². The van der Waals surface area contributed by atoms with E-state index in [1.165, 1.54) is 6.07 Å². The fourth-order valence-electron chi connectivity index (χ4n) is 2.77. The molecule has 9 heteroatoms. The van der Waals surface area contributed by atoms with Crippen LogP contribution in [0.15, 0.2) is 30.3 Å². The second-order valence-electron chi connectivity index (χ2n) is 6.12. The summed E-state index contributed by atoms with van der Waals surface area (Å²) in [5.74, 6) is 1.35. The van der Waals surface area contributed by atoms with E-state index in [1.54, 1.807) is 38.3 Å². The number of anilines is 2. The van der Waals surface area contributed by atoms with Crippen LogP contribution in [0.5, 0.6) is 5.75 Å². The van der Waals surface area contributed by atoms with Gasteiger partial charge in [-0.25, -0.2) is 18.4 Å². The van der Waals surface area contributed by atoms with Crippen molar-refractivity contribution >= 4 is 27.2 Å². The molecule has 8 nitrogen and oxygen atoms in total. The highest BCUT2D eigenvalue weighted by Gasteiger charge is 2.28. The molecule has 2 N–H and O–H groups in total. The van der Waals surface area contributed by atoms with Crippen LogP contribution in [0.2, 0.25) is 0 Å². The third kappa shape index (κ3) is 4.48. The Balaban J connectivity index is 1.75. The highest BCUT2D eigenvalue weighted by atomic mass is 32.2. The van der Waals surface area contributed by atoms with Gasteiger partial charge in [0.2, 0.25) is 0 Å². The molecule has 1 amide bonds. The molecule has 0 bridgehead atoms. The standard InChI is InChI=1S/C17H20N4O4S/c1-11-18-15(17(22)21-12-4-3-5-14(8-12)25-2)9-16(19-11)20-13-6-7-26(23,24)10-13/h3-5,8-9,13H,6-7,10H2,1-2H3,(H,21,22)(H,18,19,20). The molecule has 1 atom stereocenters. The van der Waals surface area contributed by atoms with Crippen molar-refractivity contribution in [1.29, 1.82) is 0 Å². The molecule has 0 saturated carbocycles. The number of carbonyl (C=O) groups excluding carboxylic acids is 1. The van der Waals surface area contributed by atoms with Crippen LogP contribution in [0.3, 0.4) is 0 Å². The summed E-state index contributed by atoms with van der Waals surface area (Å²) in [6, 6.07) is 8.32. The molecule has 1 aliphatic heterocycles. The Hall–Kier alpha value is -2.68. The number of hydrogen-bond donors (Lipinski definition) is 2. The highest BCUT2D eigenvalue weighted by molar-refractivity contribution is 7.91. The fraction of sp³-hybridized carbons (Fsp3) is 0.353. The van der Waals surface area contributed by atoms with Crippen molar-refractivity contribution in [3.8, 4) is 5.75 Å². The number of aromatic nitrogens is 2. The van der Waals surface area contributed by atoms with Crippen molar-refractivity contribution in [3.05, 3.63) is 41.9 Å². The Labute approximate surface area is 151 Å². The van der Waals surface area contributed by atoms with Gasteiger partial charge < -0.3 is 15.4 Å². The lowest BCUT2D eigenvalue weighted by Crippen LogP contribution is -2.22. The fourth-order valence-corrected chi connectivity index (χ4v) is 4.45. The molecule has 1 fully saturated rings. The first-order valence-corrected chi connectivity index (χ1v) is 9.95. The topological polar surface area (TPSA) is 110 Å². The van der Waals surface area contributed by atoms with Crippen molar-refractivity contribution < 1.29 is 17.9 Å². The summed E-state index contributed by atoms with van der Waals surface area (Å²) < 4.78 is 28.3. The van der Waals surface area contributed by atoms with Crippen LogP contribution in [-0.2, 0) is 9.84 Å². The monoisotopic (exact) mass is 376 g/mol. The minimum absolute atomic E-state index is 0.0708. The first kappa shape index (κ1) is 18.1. The van der Waals surface area contributed by atoms with Gasteiger partial charge in [-0.15, -0.1) is 0 Å².